The van der Waals surface area contributed by atoms with Crippen LogP contribution in [0.25, 0.3) is 11.1 Å². The number of nitrogens with one attached hydrogen (secondary N) is 2. The maximum absolute atomic E-state index is 12.7. The van der Waals surface area contributed by atoms with Crippen molar-refractivity contribution in [3.63, 3.8) is 0 Å². The molecule has 2 aromatic carbocycles. The van der Waals surface area contributed by atoms with Crippen LogP contribution in [-0.4, -0.2) is 67.7 Å². The van der Waals surface area contributed by atoms with Gasteiger partial charge in [-0.05, 0) is 35.1 Å². The maximum atomic E-state index is 12.7. The van der Waals surface area contributed by atoms with E-state index >= 15 is 0 Å². The Bertz CT molecular complexity index is 1070. The van der Waals surface area contributed by atoms with Crippen molar-refractivity contribution in [1.82, 2.24) is 10.6 Å². The van der Waals surface area contributed by atoms with E-state index in [4.69, 9.17) is 14.2 Å². The highest BCUT2D eigenvalue weighted by molar-refractivity contribution is 5.83. The minimum absolute atomic E-state index is 0.0303. The molecule has 2 aliphatic heterocycles. The summed E-state index contributed by atoms with van der Waals surface area (Å²) in [6.45, 7) is 1.10. The molecule has 0 bridgehead atoms. The van der Waals surface area contributed by atoms with E-state index in [1.165, 1.54) is 0 Å². The summed E-state index contributed by atoms with van der Waals surface area (Å²) >= 11 is 0. The molecule has 35 heavy (non-hydrogen) atoms. The monoisotopic (exact) mass is 480 g/mol. The number of alkyl carbamates (subject to hydrolysis) is 1. The number of carbonyl (C=O) groups is 3. The summed E-state index contributed by atoms with van der Waals surface area (Å²) in [5.41, 5.74) is 4.59. The van der Waals surface area contributed by atoms with E-state index in [2.05, 4.69) is 34.9 Å². The molecule has 4 atom stereocenters. The number of hydrogen-bond acceptors (Lipinski definition) is 6. The molecular weight excluding hydrogens is 452 g/mol. The molecule has 3 aliphatic rings. The van der Waals surface area contributed by atoms with Gasteiger partial charge in [0.2, 0.25) is 5.91 Å². The van der Waals surface area contributed by atoms with Crippen LogP contribution in [0.1, 0.15) is 29.9 Å². The van der Waals surface area contributed by atoms with Crippen molar-refractivity contribution in [2.24, 2.45) is 5.92 Å². The average Bonchev–Trinajstić information content (AvgIpc) is 3.59. The number of fused-ring (bicyclic) bond motifs is 3. The predicted octanol–water partition coefficient (Wildman–Crippen LogP) is 2.29. The molecule has 184 valence electrons. The van der Waals surface area contributed by atoms with Crippen LogP contribution in [0.5, 0.6) is 0 Å². The van der Waals surface area contributed by atoms with Gasteiger partial charge in [0.25, 0.3) is 0 Å². The molecular formula is C26H28N2O7. The molecule has 2 unspecified atom stereocenters. The number of carboxylic acid groups (broad SMARTS) is 1. The van der Waals surface area contributed by atoms with Gasteiger partial charge in [0.15, 0.2) is 6.10 Å². The Morgan fingerprint density at radius 2 is 1.54 bits per heavy atom. The molecule has 1 aliphatic carbocycles. The second-order valence-electron chi connectivity index (χ2n) is 9.08. The molecule has 3 N–H and O–H groups in total. The smallest absolute Gasteiger partial charge is 0.407 e. The van der Waals surface area contributed by atoms with Crippen molar-refractivity contribution in [2.75, 3.05) is 26.4 Å². The lowest BCUT2D eigenvalue weighted by Gasteiger charge is -2.22. The average molecular weight is 481 g/mol. The molecule has 2 heterocycles. The number of carboxylic acids is 1. The second kappa shape index (κ2) is 10.1. The van der Waals surface area contributed by atoms with Crippen LogP contribution in [0.3, 0.4) is 0 Å². The van der Waals surface area contributed by atoms with Gasteiger partial charge in [-0.1, -0.05) is 48.5 Å². The number of amides is 2. The van der Waals surface area contributed by atoms with E-state index in [0.717, 1.165) is 22.3 Å². The Hall–Kier alpha value is -3.43. The standard InChI is InChI=1S/C26H28N2O7/c29-24(28-21-10-12-34-23(21)25(30)31)22-15(9-11-33-22)13-27-26(32)35-14-20-18-7-3-1-5-16(18)17-6-2-4-8-19(17)20/h1-8,15,20-23H,9-14H2,(H,27,32)(H,28,29)(H,30,31)/t15-,21?,22-,23?/m0/s1. The fraction of sp³-hybridized carbons (Fsp3) is 0.423. The molecule has 2 amide bonds. The van der Waals surface area contributed by atoms with Crippen LogP contribution in [-0.2, 0) is 23.8 Å². The van der Waals surface area contributed by atoms with Crippen LogP contribution in [0.15, 0.2) is 48.5 Å². The van der Waals surface area contributed by atoms with Crippen molar-refractivity contribution >= 4 is 18.0 Å². The van der Waals surface area contributed by atoms with Gasteiger partial charge in [0.1, 0.15) is 12.7 Å². The molecule has 0 radical (unpaired) electrons. The van der Waals surface area contributed by atoms with Crippen LogP contribution < -0.4 is 10.6 Å². The fourth-order valence-corrected chi connectivity index (χ4v) is 5.24. The van der Waals surface area contributed by atoms with Crippen molar-refractivity contribution in [1.29, 1.82) is 0 Å². The minimum atomic E-state index is -1.10. The lowest BCUT2D eigenvalue weighted by atomic mass is 9.98. The zero-order valence-corrected chi connectivity index (χ0v) is 19.1. The lowest BCUT2D eigenvalue weighted by Crippen LogP contribution is -2.50. The molecule has 2 aromatic rings. The highest BCUT2D eigenvalue weighted by atomic mass is 16.5. The maximum Gasteiger partial charge on any atom is 0.407 e. The van der Waals surface area contributed by atoms with Gasteiger partial charge in [-0.2, -0.15) is 0 Å². The summed E-state index contributed by atoms with van der Waals surface area (Å²) in [4.78, 5) is 36.5. The summed E-state index contributed by atoms with van der Waals surface area (Å²) in [6.07, 6.45) is -1.34. The molecule has 2 saturated heterocycles. The summed E-state index contributed by atoms with van der Waals surface area (Å²) < 4.78 is 16.3. The van der Waals surface area contributed by atoms with Crippen LogP contribution in [0.2, 0.25) is 0 Å². The first-order chi connectivity index (χ1) is 17.0. The normalized spacial score (nSPS) is 25.0. The molecule has 9 heteroatoms. The molecule has 0 spiro atoms. The minimum Gasteiger partial charge on any atom is -0.479 e. The third-order valence-corrected chi connectivity index (χ3v) is 6.99. The number of carbonyl (C=O) groups excluding carboxylic acids is 2. The van der Waals surface area contributed by atoms with Gasteiger partial charge in [-0.3, -0.25) is 4.79 Å². The summed E-state index contributed by atoms with van der Waals surface area (Å²) in [7, 11) is 0. The zero-order chi connectivity index (χ0) is 24.4. The number of aliphatic carboxylic acids is 1. The van der Waals surface area contributed by atoms with Crippen LogP contribution >= 0.6 is 0 Å². The van der Waals surface area contributed by atoms with Gasteiger partial charge >= 0.3 is 12.1 Å². The molecule has 5 rings (SSSR count). The van der Waals surface area contributed by atoms with E-state index in [-0.39, 0.29) is 37.5 Å². The topological polar surface area (TPSA) is 123 Å². The number of benzene rings is 2. The summed E-state index contributed by atoms with van der Waals surface area (Å²) in [6, 6.07) is 15.7. The summed E-state index contributed by atoms with van der Waals surface area (Å²) in [5.74, 6) is -1.75. The van der Waals surface area contributed by atoms with Crippen molar-refractivity contribution in [3.8, 4) is 11.1 Å². The molecule has 0 aromatic heterocycles. The Morgan fingerprint density at radius 3 is 2.23 bits per heavy atom. The fourth-order valence-electron chi connectivity index (χ4n) is 5.24. The van der Waals surface area contributed by atoms with Crippen molar-refractivity contribution < 1.29 is 33.7 Å². The van der Waals surface area contributed by atoms with Gasteiger partial charge in [-0.15, -0.1) is 0 Å². The van der Waals surface area contributed by atoms with Gasteiger partial charge < -0.3 is 30.0 Å². The van der Waals surface area contributed by atoms with E-state index < -0.39 is 30.3 Å². The predicted molar refractivity (Wildman–Crippen MR) is 125 cm³/mol. The van der Waals surface area contributed by atoms with Crippen molar-refractivity contribution in [3.05, 3.63) is 59.7 Å². The first kappa shape index (κ1) is 23.3. The Kier molecular flexibility index (Phi) is 6.70. The van der Waals surface area contributed by atoms with Crippen LogP contribution in [0.4, 0.5) is 4.79 Å². The third-order valence-electron chi connectivity index (χ3n) is 6.99. The summed E-state index contributed by atoms with van der Waals surface area (Å²) in [5, 5.41) is 14.7. The lowest BCUT2D eigenvalue weighted by molar-refractivity contribution is -0.148. The highest BCUT2D eigenvalue weighted by Crippen LogP contribution is 2.44. The van der Waals surface area contributed by atoms with E-state index in [1.54, 1.807) is 0 Å². The Balaban J connectivity index is 1.14. The SMILES string of the molecule is O=C(NC[C@@H]1CCO[C@@H]1C(=O)NC1CCOC1C(=O)O)OCC1c2ccccc2-c2ccccc21. The van der Waals surface area contributed by atoms with E-state index in [9.17, 15) is 19.5 Å². The zero-order valence-electron chi connectivity index (χ0n) is 19.1. The third kappa shape index (κ3) is 4.74. The highest BCUT2D eigenvalue weighted by Gasteiger charge is 2.40. The molecule has 2 fully saturated rings. The number of hydrogen-bond donors (Lipinski definition) is 3. The first-order valence-corrected chi connectivity index (χ1v) is 11.9. The quantitative estimate of drug-likeness (QED) is 0.556. The first-order valence-electron chi connectivity index (χ1n) is 11.9. The van der Waals surface area contributed by atoms with E-state index in [1.807, 2.05) is 24.3 Å². The molecule has 0 saturated carbocycles. The van der Waals surface area contributed by atoms with Crippen molar-refractivity contribution in [2.45, 2.75) is 37.0 Å². The number of rotatable bonds is 7. The van der Waals surface area contributed by atoms with Gasteiger partial charge in [0.05, 0.1) is 6.04 Å². The number of ether oxygens (including phenoxy) is 3. The van der Waals surface area contributed by atoms with Crippen LogP contribution in [0, 0.1) is 5.92 Å². The van der Waals surface area contributed by atoms with Gasteiger partial charge in [-0.25, -0.2) is 9.59 Å². The van der Waals surface area contributed by atoms with Gasteiger partial charge in [0, 0.05) is 31.6 Å². The molecule has 9 nitrogen and oxygen atoms in total. The largest absolute Gasteiger partial charge is 0.479 e. The van der Waals surface area contributed by atoms with E-state index in [0.29, 0.717) is 19.4 Å². The second-order valence-corrected chi connectivity index (χ2v) is 9.08. The Labute approximate surface area is 202 Å². The Morgan fingerprint density at radius 1 is 0.914 bits per heavy atom.